The van der Waals surface area contributed by atoms with Crippen LogP contribution in [0, 0.1) is 0 Å². The summed E-state index contributed by atoms with van der Waals surface area (Å²) in [6.45, 7) is 0. The van der Waals surface area contributed by atoms with Crippen LogP contribution in [0.2, 0.25) is 0 Å². The van der Waals surface area contributed by atoms with Gasteiger partial charge in [-0.3, -0.25) is 14.5 Å². The number of benzene rings is 4. The van der Waals surface area contributed by atoms with Gasteiger partial charge in [-0.05, 0) is 34.4 Å². The van der Waals surface area contributed by atoms with Crippen LogP contribution in [0.25, 0.3) is 10.9 Å². The highest BCUT2D eigenvalue weighted by Gasteiger charge is 2.72. The largest absolute Gasteiger partial charge is 0.364 e. The van der Waals surface area contributed by atoms with E-state index in [0.717, 1.165) is 38.8 Å². The minimum Gasteiger partial charge on any atom is -0.364 e. The summed E-state index contributed by atoms with van der Waals surface area (Å²) in [5.74, 6) is 1.21. The van der Waals surface area contributed by atoms with Gasteiger partial charge in [0, 0.05) is 47.8 Å². The van der Waals surface area contributed by atoms with E-state index in [2.05, 4.69) is 77.2 Å². The number of carbonyl (C=O) groups excluding carboxylic acids is 2. The Kier molecular flexibility index (Phi) is 6.54. The van der Waals surface area contributed by atoms with Gasteiger partial charge in [-0.15, -0.1) is 23.5 Å². The molecular formula is C36H32N4O2S2. The fourth-order valence-corrected chi connectivity index (χ4v) is 10.1. The van der Waals surface area contributed by atoms with Crippen LogP contribution in [0.4, 0.5) is 5.69 Å². The average molecular weight is 617 g/mol. The zero-order chi connectivity index (χ0) is 29.9. The molecule has 8 heteroatoms. The number of aromatic nitrogens is 1. The Morgan fingerprint density at radius 1 is 0.795 bits per heavy atom. The van der Waals surface area contributed by atoms with Crippen LogP contribution in [0.15, 0.2) is 115 Å². The zero-order valence-corrected chi connectivity index (χ0v) is 25.9. The highest BCUT2D eigenvalue weighted by molar-refractivity contribution is 8.01. The molecule has 1 aromatic heterocycles. The summed E-state index contributed by atoms with van der Waals surface area (Å²) in [6.07, 6.45) is 2.14. The minimum atomic E-state index is -1.09. The molecule has 4 heterocycles. The molecule has 0 spiro atoms. The first-order valence-electron chi connectivity index (χ1n) is 14.9. The fourth-order valence-electron chi connectivity index (χ4n) is 7.43. The fraction of sp³-hybridized carbons (Fsp3) is 0.222. The highest BCUT2D eigenvalue weighted by atomic mass is 32.2. The van der Waals surface area contributed by atoms with Crippen molar-refractivity contribution in [1.82, 2.24) is 14.8 Å². The molecule has 44 heavy (non-hydrogen) atoms. The number of carbonyl (C=O) groups is 2. The van der Waals surface area contributed by atoms with Crippen LogP contribution in [0.5, 0.6) is 0 Å². The predicted molar refractivity (Wildman–Crippen MR) is 179 cm³/mol. The van der Waals surface area contributed by atoms with Gasteiger partial charge in [0.25, 0.3) is 11.8 Å². The highest BCUT2D eigenvalue weighted by Crippen LogP contribution is 2.63. The summed E-state index contributed by atoms with van der Waals surface area (Å²) in [7, 11) is 1.80. The second-order valence-electron chi connectivity index (χ2n) is 11.8. The molecule has 0 unspecified atom stereocenters. The van der Waals surface area contributed by atoms with Crippen LogP contribution in [-0.2, 0) is 26.5 Å². The molecule has 3 aliphatic rings. The van der Waals surface area contributed by atoms with E-state index in [1.807, 2.05) is 53.4 Å². The summed E-state index contributed by atoms with van der Waals surface area (Å²) in [5, 5.41) is 4.26. The van der Waals surface area contributed by atoms with E-state index in [1.165, 1.54) is 11.8 Å². The van der Waals surface area contributed by atoms with E-state index in [4.69, 9.17) is 0 Å². The standard InChI is InChI=1S/C36H32N4O2S2/c1-39-32(43-21-24-12-4-2-5-13-24)31(41)40-33-35(27-17-9-11-19-30(27)38-33,28-20-37-29-18-10-8-16-26(28)29)23-36(40,34(39)42)44-22-25-14-6-3-7-15-25/h2-20,32-33,37-38H,21-23H2,1H3/t32-,33+,35+,36-/m0/s1. The number of thioether (sulfide) groups is 2. The van der Waals surface area contributed by atoms with Crippen molar-refractivity contribution in [3.8, 4) is 0 Å². The predicted octanol–water partition coefficient (Wildman–Crippen LogP) is 6.80. The number of rotatable bonds is 7. The zero-order valence-electron chi connectivity index (χ0n) is 24.3. The number of piperazine rings is 1. The monoisotopic (exact) mass is 616 g/mol. The first-order chi connectivity index (χ1) is 21.5. The first-order valence-corrected chi connectivity index (χ1v) is 16.9. The Morgan fingerprint density at radius 3 is 2.23 bits per heavy atom. The van der Waals surface area contributed by atoms with Gasteiger partial charge in [0.15, 0.2) is 10.2 Å². The lowest BCUT2D eigenvalue weighted by Crippen LogP contribution is -2.68. The van der Waals surface area contributed by atoms with Crippen molar-refractivity contribution in [1.29, 1.82) is 0 Å². The van der Waals surface area contributed by atoms with Gasteiger partial charge in [0.1, 0.15) is 6.17 Å². The van der Waals surface area contributed by atoms with Gasteiger partial charge in [-0.2, -0.15) is 0 Å². The molecule has 4 atom stereocenters. The third-order valence-corrected chi connectivity index (χ3v) is 12.2. The minimum absolute atomic E-state index is 0.0171. The smallest absolute Gasteiger partial charge is 0.260 e. The van der Waals surface area contributed by atoms with Crippen molar-refractivity contribution in [3.05, 3.63) is 138 Å². The van der Waals surface area contributed by atoms with E-state index in [0.29, 0.717) is 17.9 Å². The van der Waals surface area contributed by atoms with Crippen molar-refractivity contribution in [3.63, 3.8) is 0 Å². The number of nitrogens with zero attached hydrogens (tertiary/aromatic N) is 2. The van der Waals surface area contributed by atoms with Gasteiger partial charge in [-0.1, -0.05) is 97.1 Å². The second kappa shape index (κ2) is 10.5. The normalized spacial score (nSPS) is 25.6. The topological polar surface area (TPSA) is 68.4 Å². The molecule has 2 N–H and O–H groups in total. The van der Waals surface area contributed by atoms with Gasteiger partial charge in [0.2, 0.25) is 0 Å². The molecule has 3 aliphatic heterocycles. The van der Waals surface area contributed by atoms with Crippen molar-refractivity contribution in [2.24, 2.45) is 0 Å². The van der Waals surface area contributed by atoms with Crippen molar-refractivity contribution >= 4 is 51.9 Å². The summed E-state index contributed by atoms with van der Waals surface area (Å²) in [5.41, 5.74) is 5.91. The Bertz CT molecular complexity index is 1880. The number of nitrogens with one attached hydrogen (secondary N) is 2. The van der Waals surface area contributed by atoms with Crippen LogP contribution < -0.4 is 5.32 Å². The molecule has 0 saturated carbocycles. The van der Waals surface area contributed by atoms with Crippen LogP contribution >= 0.6 is 23.5 Å². The maximum absolute atomic E-state index is 14.9. The van der Waals surface area contributed by atoms with Crippen molar-refractivity contribution < 1.29 is 9.59 Å². The van der Waals surface area contributed by atoms with Gasteiger partial charge in [0.05, 0.1) is 5.41 Å². The molecule has 0 radical (unpaired) electrons. The maximum atomic E-state index is 14.9. The molecule has 0 aliphatic carbocycles. The van der Waals surface area contributed by atoms with Gasteiger partial charge >= 0.3 is 0 Å². The molecule has 2 saturated heterocycles. The summed E-state index contributed by atoms with van der Waals surface area (Å²) in [6, 6.07) is 37.0. The lowest BCUT2D eigenvalue weighted by Gasteiger charge is -2.48. The quantitative estimate of drug-likeness (QED) is 0.211. The number of aromatic amines is 1. The summed E-state index contributed by atoms with van der Waals surface area (Å²) >= 11 is 3.11. The van der Waals surface area contributed by atoms with Crippen molar-refractivity contribution in [2.75, 3.05) is 12.4 Å². The molecule has 2 amide bonds. The van der Waals surface area contributed by atoms with Crippen LogP contribution in [0.1, 0.15) is 28.7 Å². The molecule has 0 bridgehead atoms. The van der Waals surface area contributed by atoms with Gasteiger partial charge < -0.3 is 15.2 Å². The molecule has 2 fully saturated rings. The maximum Gasteiger partial charge on any atom is 0.260 e. The Balaban J connectivity index is 1.29. The summed E-state index contributed by atoms with van der Waals surface area (Å²) < 4.78 is 0. The molecule has 5 aromatic rings. The number of hydrogen-bond donors (Lipinski definition) is 2. The van der Waals surface area contributed by atoms with E-state index in [1.54, 1.807) is 23.7 Å². The Morgan fingerprint density at radius 2 is 1.45 bits per heavy atom. The number of hydrogen-bond acceptors (Lipinski definition) is 5. The summed E-state index contributed by atoms with van der Waals surface area (Å²) in [4.78, 5) is 35.9. The number of H-pyrrole nitrogens is 1. The van der Waals surface area contributed by atoms with E-state index >= 15 is 0 Å². The molecule has 6 nitrogen and oxygen atoms in total. The number of fused-ring (bicyclic) bond motifs is 6. The van der Waals surface area contributed by atoms with E-state index in [9.17, 15) is 9.59 Å². The number of amides is 2. The molecule has 4 aromatic carbocycles. The van der Waals surface area contributed by atoms with Crippen LogP contribution in [0.3, 0.4) is 0 Å². The second-order valence-corrected chi connectivity index (χ2v) is 14.1. The lowest BCUT2D eigenvalue weighted by molar-refractivity contribution is -0.157. The number of anilines is 1. The van der Waals surface area contributed by atoms with E-state index in [-0.39, 0.29) is 11.8 Å². The lowest BCUT2D eigenvalue weighted by atomic mass is 9.72. The molecule has 220 valence electrons. The molecular weight excluding hydrogens is 585 g/mol. The van der Waals surface area contributed by atoms with Gasteiger partial charge in [-0.25, -0.2) is 0 Å². The first kappa shape index (κ1) is 27.4. The Labute approximate surface area is 265 Å². The SMILES string of the molecule is CN1C(=O)[C@@]2(SCc3ccccc3)C[C@]3(c4c[nH]c5ccccc45)c4ccccc4N[C@@H]3N2C(=O)[C@@H]1SCc1ccccc1. The number of likely N-dealkylation sites (N-methyl/N-ethyl adjacent to an activating group) is 1. The van der Waals surface area contributed by atoms with Crippen molar-refractivity contribution in [2.45, 2.75) is 39.8 Å². The number of para-hydroxylation sites is 2. The third-order valence-electron chi connectivity index (χ3n) is 9.43. The van der Waals surface area contributed by atoms with E-state index < -0.39 is 21.8 Å². The van der Waals surface area contributed by atoms with Crippen LogP contribution in [-0.4, -0.2) is 50.1 Å². The molecule has 8 rings (SSSR count). The average Bonchev–Trinajstić information content (AvgIpc) is 3.72. The Hall–Kier alpha value is -4.14. The third kappa shape index (κ3) is 3.97.